The van der Waals surface area contributed by atoms with E-state index in [-0.39, 0.29) is 17.8 Å². The Morgan fingerprint density at radius 3 is 2.77 bits per heavy atom. The van der Waals surface area contributed by atoms with Gasteiger partial charge < -0.3 is 10.2 Å². The molecular weight excluding hydrogens is 283 g/mol. The molecule has 22 heavy (non-hydrogen) atoms. The van der Waals surface area contributed by atoms with E-state index >= 15 is 0 Å². The van der Waals surface area contributed by atoms with Gasteiger partial charge in [-0.05, 0) is 38.1 Å². The van der Waals surface area contributed by atoms with E-state index in [9.17, 15) is 9.18 Å². The molecule has 0 unspecified atom stereocenters. The van der Waals surface area contributed by atoms with Crippen molar-refractivity contribution in [3.8, 4) is 5.69 Å². The van der Waals surface area contributed by atoms with Gasteiger partial charge in [0.2, 0.25) is 0 Å². The van der Waals surface area contributed by atoms with Gasteiger partial charge in [0, 0.05) is 25.7 Å². The van der Waals surface area contributed by atoms with E-state index in [4.69, 9.17) is 0 Å². The number of benzene rings is 1. The highest BCUT2D eigenvalue weighted by molar-refractivity contribution is 5.95. The lowest BCUT2D eigenvalue weighted by molar-refractivity contribution is 0.0655. The summed E-state index contributed by atoms with van der Waals surface area (Å²) in [5, 5.41) is 7.56. The molecule has 0 aliphatic carbocycles. The van der Waals surface area contributed by atoms with Crippen LogP contribution in [0.25, 0.3) is 5.69 Å². The molecular formula is C16H19FN4O. The van der Waals surface area contributed by atoms with Crippen molar-refractivity contribution in [2.24, 2.45) is 0 Å². The van der Waals surface area contributed by atoms with Crippen molar-refractivity contribution < 1.29 is 9.18 Å². The summed E-state index contributed by atoms with van der Waals surface area (Å²) < 4.78 is 14.7. The second-order valence-electron chi connectivity index (χ2n) is 5.58. The van der Waals surface area contributed by atoms with Gasteiger partial charge in [0.05, 0.1) is 23.1 Å². The molecule has 5 nitrogen and oxygen atoms in total. The molecule has 1 fully saturated rings. The number of carbonyl (C=O) groups is 1. The minimum Gasteiger partial charge on any atom is -0.333 e. The minimum atomic E-state index is -0.292. The van der Waals surface area contributed by atoms with Crippen LogP contribution in [0, 0.1) is 12.7 Å². The highest BCUT2D eigenvalue weighted by Crippen LogP contribution is 2.18. The molecule has 0 bridgehead atoms. The Bertz CT molecular complexity index is 680. The number of amides is 1. The Kier molecular flexibility index (Phi) is 3.94. The fourth-order valence-electron chi connectivity index (χ4n) is 2.76. The second-order valence-corrected chi connectivity index (χ2v) is 5.58. The minimum absolute atomic E-state index is 0.000128. The van der Waals surface area contributed by atoms with Crippen LogP contribution in [0.15, 0.2) is 30.5 Å². The molecule has 1 aliphatic heterocycles. The van der Waals surface area contributed by atoms with Crippen molar-refractivity contribution in [3.05, 3.63) is 47.5 Å². The topological polar surface area (TPSA) is 50.2 Å². The SMILES string of the molecule is Cc1c(C(=O)N2CCNC[C@H]2C)cnn1-c1ccc(F)cc1. The standard InChI is InChI=1S/C16H19FN4O/c1-11-9-18-7-8-20(11)16(22)15-10-19-21(12(15)2)14-5-3-13(17)4-6-14/h3-6,10-11,18H,7-9H2,1-2H3/t11-/m1/s1. The first-order valence-electron chi connectivity index (χ1n) is 7.40. The number of hydrogen-bond donors (Lipinski definition) is 1. The van der Waals surface area contributed by atoms with Crippen LogP contribution in [-0.4, -0.2) is 46.3 Å². The van der Waals surface area contributed by atoms with Gasteiger partial charge in [0.25, 0.3) is 5.91 Å². The average molecular weight is 302 g/mol. The molecule has 1 amide bonds. The fraction of sp³-hybridized carbons (Fsp3) is 0.375. The van der Waals surface area contributed by atoms with Crippen LogP contribution in [0.3, 0.4) is 0 Å². The number of halogens is 1. The molecule has 2 aromatic rings. The molecule has 1 aromatic carbocycles. The highest BCUT2D eigenvalue weighted by Gasteiger charge is 2.26. The predicted molar refractivity (Wildman–Crippen MR) is 81.6 cm³/mol. The van der Waals surface area contributed by atoms with Crippen LogP contribution < -0.4 is 5.32 Å². The van der Waals surface area contributed by atoms with Crippen LogP contribution >= 0.6 is 0 Å². The molecule has 0 saturated carbocycles. The van der Waals surface area contributed by atoms with Crippen molar-refractivity contribution >= 4 is 5.91 Å². The third-order valence-electron chi connectivity index (χ3n) is 4.07. The van der Waals surface area contributed by atoms with Gasteiger partial charge in [0.15, 0.2) is 0 Å². The Balaban J connectivity index is 1.89. The summed E-state index contributed by atoms with van der Waals surface area (Å²) in [6, 6.07) is 6.23. The Labute approximate surface area is 128 Å². The number of carbonyl (C=O) groups excluding carboxylic acids is 1. The molecule has 6 heteroatoms. The summed E-state index contributed by atoms with van der Waals surface area (Å²) in [5.74, 6) is -0.292. The van der Waals surface area contributed by atoms with E-state index in [1.807, 2.05) is 18.7 Å². The smallest absolute Gasteiger partial charge is 0.257 e. The Hall–Kier alpha value is -2.21. The summed E-state index contributed by atoms with van der Waals surface area (Å²) in [7, 11) is 0. The Morgan fingerprint density at radius 1 is 1.36 bits per heavy atom. The van der Waals surface area contributed by atoms with Gasteiger partial charge in [-0.2, -0.15) is 5.10 Å². The van der Waals surface area contributed by atoms with E-state index in [1.165, 1.54) is 12.1 Å². The molecule has 1 saturated heterocycles. The van der Waals surface area contributed by atoms with Crippen molar-refractivity contribution in [3.63, 3.8) is 0 Å². The van der Waals surface area contributed by atoms with Gasteiger partial charge in [-0.1, -0.05) is 0 Å². The number of nitrogens with one attached hydrogen (secondary N) is 1. The third kappa shape index (κ3) is 2.62. The van der Waals surface area contributed by atoms with E-state index in [0.29, 0.717) is 12.1 Å². The monoisotopic (exact) mass is 302 g/mol. The van der Waals surface area contributed by atoms with Crippen LogP contribution in [0.1, 0.15) is 23.0 Å². The number of nitrogens with zero attached hydrogens (tertiary/aromatic N) is 3. The molecule has 0 radical (unpaired) electrons. The van der Waals surface area contributed by atoms with Crippen LogP contribution in [0.4, 0.5) is 4.39 Å². The summed E-state index contributed by atoms with van der Waals surface area (Å²) >= 11 is 0. The van der Waals surface area contributed by atoms with Crippen molar-refractivity contribution in [2.75, 3.05) is 19.6 Å². The zero-order valence-corrected chi connectivity index (χ0v) is 12.7. The first kappa shape index (κ1) is 14.7. The number of hydrogen-bond acceptors (Lipinski definition) is 3. The fourth-order valence-corrected chi connectivity index (χ4v) is 2.76. The summed E-state index contributed by atoms with van der Waals surface area (Å²) in [5.41, 5.74) is 2.10. The molecule has 0 spiro atoms. The lowest BCUT2D eigenvalue weighted by atomic mass is 10.1. The Morgan fingerprint density at radius 2 is 2.09 bits per heavy atom. The molecule has 1 aromatic heterocycles. The zero-order valence-electron chi connectivity index (χ0n) is 12.7. The van der Waals surface area contributed by atoms with Gasteiger partial charge in [-0.3, -0.25) is 4.79 Å². The quantitative estimate of drug-likeness (QED) is 0.919. The lowest BCUT2D eigenvalue weighted by Crippen LogP contribution is -2.52. The maximum absolute atomic E-state index is 13.0. The average Bonchev–Trinajstić information content (AvgIpc) is 2.90. The largest absolute Gasteiger partial charge is 0.333 e. The summed E-state index contributed by atoms with van der Waals surface area (Å²) in [6.45, 7) is 6.19. The van der Waals surface area contributed by atoms with E-state index in [2.05, 4.69) is 10.4 Å². The van der Waals surface area contributed by atoms with E-state index in [1.54, 1.807) is 23.0 Å². The molecule has 116 valence electrons. The van der Waals surface area contributed by atoms with Gasteiger partial charge >= 0.3 is 0 Å². The van der Waals surface area contributed by atoms with Gasteiger partial charge in [0.1, 0.15) is 5.82 Å². The number of piperazine rings is 1. The van der Waals surface area contributed by atoms with E-state index < -0.39 is 0 Å². The van der Waals surface area contributed by atoms with Gasteiger partial charge in [-0.15, -0.1) is 0 Å². The molecule has 2 heterocycles. The van der Waals surface area contributed by atoms with Crippen LogP contribution in [0.2, 0.25) is 0 Å². The third-order valence-corrected chi connectivity index (χ3v) is 4.07. The van der Waals surface area contributed by atoms with Gasteiger partial charge in [-0.25, -0.2) is 9.07 Å². The first-order valence-corrected chi connectivity index (χ1v) is 7.40. The summed E-state index contributed by atoms with van der Waals surface area (Å²) in [4.78, 5) is 14.6. The summed E-state index contributed by atoms with van der Waals surface area (Å²) in [6.07, 6.45) is 1.59. The maximum atomic E-state index is 13.0. The second kappa shape index (κ2) is 5.88. The molecule has 1 atom stereocenters. The van der Waals surface area contributed by atoms with Crippen LogP contribution in [-0.2, 0) is 0 Å². The number of rotatable bonds is 2. The lowest BCUT2D eigenvalue weighted by Gasteiger charge is -2.33. The molecule has 3 rings (SSSR count). The highest BCUT2D eigenvalue weighted by atomic mass is 19.1. The zero-order chi connectivity index (χ0) is 15.7. The van der Waals surface area contributed by atoms with Crippen LogP contribution in [0.5, 0.6) is 0 Å². The molecule has 1 aliphatic rings. The predicted octanol–water partition coefficient (Wildman–Crippen LogP) is 1.75. The number of aromatic nitrogens is 2. The maximum Gasteiger partial charge on any atom is 0.257 e. The molecule has 1 N–H and O–H groups in total. The van der Waals surface area contributed by atoms with Crippen molar-refractivity contribution in [2.45, 2.75) is 19.9 Å². The van der Waals surface area contributed by atoms with Crippen molar-refractivity contribution in [1.29, 1.82) is 0 Å². The first-order chi connectivity index (χ1) is 10.6. The van der Waals surface area contributed by atoms with Crippen molar-refractivity contribution in [1.82, 2.24) is 20.0 Å². The van der Waals surface area contributed by atoms with E-state index in [0.717, 1.165) is 24.5 Å². The normalized spacial score (nSPS) is 18.5.